The van der Waals surface area contributed by atoms with E-state index < -0.39 is 70.4 Å². The molecule has 2 heterocycles. The Morgan fingerprint density at radius 1 is 0.816 bits per heavy atom. The van der Waals surface area contributed by atoms with E-state index in [1.54, 1.807) is 24.3 Å². The van der Waals surface area contributed by atoms with Gasteiger partial charge < -0.3 is 18.9 Å². The number of rotatable bonds is 7. The van der Waals surface area contributed by atoms with Crippen LogP contribution in [0.1, 0.15) is 41.5 Å². The van der Waals surface area contributed by atoms with Gasteiger partial charge in [0.25, 0.3) is 11.8 Å². The van der Waals surface area contributed by atoms with E-state index in [4.69, 9.17) is 18.9 Å². The minimum atomic E-state index is -1.29. The van der Waals surface area contributed by atoms with E-state index in [0.29, 0.717) is 0 Å². The van der Waals surface area contributed by atoms with Crippen molar-refractivity contribution in [1.29, 1.82) is 0 Å². The Kier molecular flexibility index (Phi) is 8.17. The van der Waals surface area contributed by atoms with Crippen LogP contribution in [0.15, 0.2) is 59.5 Å². The number of carbonyl (C=O) groups excluding carboxylic acids is 5. The number of carbonyl (C=O) groups is 5. The average molecular weight is 543 g/mol. The lowest BCUT2D eigenvalue weighted by Crippen LogP contribution is -2.68. The first-order valence-corrected chi connectivity index (χ1v) is 13.6. The summed E-state index contributed by atoms with van der Waals surface area (Å²) >= 11 is 0. The van der Waals surface area contributed by atoms with Crippen molar-refractivity contribution in [3.63, 3.8) is 0 Å². The molecule has 6 atom stereocenters. The van der Waals surface area contributed by atoms with Crippen molar-refractivity contribution < 1.29 is 42.9 Å². The molecule has 2 amide bonds. The van der Waals surface area contributed by atoms with Crippen molar-refractivity contribution in [2.24, 2.45) is 0 Å². The Hall–Kier alpha value is -3.70. The van der Waals surface area contributed by atoms with Gasteiger partial charge >= 0.3 is 17.9 Å². The lowest BCUT2D eigenvalue weighted by Gasteiger charge is -2.45. The predicted molar refractivity (Wildman–Crippen MR) is 135 cm³/mol. The zero-order valence-electron chi connectivity index (χ0n) is 21.3. The zero-order chi connectivity index (χ0) is 27.6. The SMILES string of the molecule is CC(=O)OC[C@H]1O[C@@H]([S+](C)c2ccccc2)[C@H](N2C(=O)c3ccccc3C2=O)[C@@H](OC(C)=O)[C@@H]1OC(C)=O. The van der Waals surface area contributed by atoms with Gasteiger partial charge in [-0.3, -0.25) is 28.9 Å². The van der Waals surface area contributed by atoms with Gasteiger partial charge in [-0.25, -0.2) is 0 Å². The van der Waals surface area contributed by atoms with Gasteiger partial charge in [-0.2, -0.15) is 0 Å². The number of ether oxygens (including phenoxy) is 4. The second-order valence-corrected chi connectivity index (χ2v) is 10.9. The lowest BCUT2D eigenvalue weighted by molar-refractivity contribution is -0.217. The molecule has 11 heteroatoms. The topological polar surface area (TPSA) is 126 Å². The highest BCUT2D eigenvalue weighted by molar-refractivity contribution is 7.96. The molecule has 0 N–H and O–H groups in total. The molecule has 0 bridgehead atoms. The van der Waals surface area contributed by atoms with E-state index in [1.165, 1.54) is 20.8 Å². The number of benzene rings is 2. The number of fused-ring (bicyclic) bond motifs is 1. The van der Waals surface area contributed by atoms with Gasteiger partial charge in [-0.15, -0.1) is 0 Å². The zero-order valence-corrected chi connectivity index (χ0v) is 22.1. The Morgan fingerprint density at radius 3 is 1.87 bits per heavy atom. The third-order valence-electron chi connectivity index (χ3n) is 6.26. The monoisotopic (exact) mass is 542 g/mol. The molecule has 38 heavy (non-hydrogen) atoms. The van der Waals surface area contributed by atoms with Crippen LogP contribution in [0.25, 0.3) is 0 Å². The van der Waals surface area contributed by atoms with E-state index in [-0.39, 0.29) is 17.7 Å². The van der Waals surface area contributed by atoms with Crippen molar-refractivity contribution in [2.45, 2.75) is 55.5 Å². The van der Waals surface area contributed by atoms with Crippen LogP contribution in [0.4, 0.5) is 0 Å². The number of amides is 2. The van der Waals surface area contributed by atoms with Gasteiger partial charge in [-0.05, 0) is 24.3 Å². The fraction of sp³-hybridized carbons (Fsp3) is 0.370. The second kappa shape index (κ2) is 11.4. The van der Waals surface area contributed by atoms with E-state index in [1.807, 2.05) is 36.6 Å². The minimum absolute atomic E-state index is 0.208. The van der Waals surface area contributed by atoms with Crippen molar-refractivity contribution in [3.05, 3.63) is 65.7 Å². The molecule has 0 spiro atoms. The minimum Gasteiger partial charge on any atom is -0.463 e. The van der Waals surface area contributed by atoms with Crippen LogP contribution >= 0.6 is 0 Å². The standard InChI is InChI=1S/C27H28NO9S/c1-15(29)34-14-21-23(35-16(2)30)24(36-17(3)31)22(27(37-21)38(4)18-10-6-5-7-11-18)28-25(32)19-12-8-9-13-20(19)26(28)33/h5-13,21-24,27H,14H2,1-4H3/q+1/t21-,22-,23-,24-,27+,38?/m1/s1. The maximum atomic E-state index is 13.6. The molecule has 200 valence electrons. The fourth-order valence-corrected chi connectivity index (χ4v) is 6.56. The number of esters is 3. The third kappa shape index (κ3) is 5.44. The average Bonchev–Trinajstić information content (AvgIpc) is 3.13. The normalized spacial score (nSPS) is 25.4. The van der Waals surface area contributed by atoms with Crippen LogP contribution in [-0.4, -0.2) is 77.3 Å². The quantitative estimate of drug-likeness (QED) is 0.224. The second-order valence-electron chi connectivity index (χ2n) is 8.88. The van der Waals surface area contributed by atoms with Gasteiger partial charge in [0.15, 0.2) is 23.1 Å². The molecule has 1 unspecified atom stereocenters. The van der Waals surface area contributed by atoms with Crippen molar-refractivity contribution in [3.8, 4) is 0 Å². The Bertz CT molecular complexity index is 1220. The molecule has 2 aliphatic heterocycles. The summed E-state index contributed by atoms with van der Waals surface area (Å²) in [4.78, 5) is 65.2. The molecule has 2 aromatic carbocycles. The van der Waals surface area contributed by atoms with Crippen LogP contribution in [0.3, 0.4) is 0 Å². The highest BCUT2D eigenvalue weighted by Crippen LogP contribution is 2.38. The molecule has 4 rings (SSSR count). The maximum Gasteiger partial charge on any atom is 0.303 e. The Balaban J connectivity index is 1.86. The molecule has 10 nitrogen and oxygen atoms in total. The fourth-order valence-electron chi connectivity index (χ4n) is 4.70. The number of hydrogen-bond donors (Lipinski definition) is 0. The Morgan fingerprint density at radius 2 is 1.34 bits per heavy atom. The summed E-state index contributed by atoms with van der Waals surface area (Å²) in [6.07, 6.45) is -1.72. The number of hydrogen-bond acceptors (Lipinski definition) is 9. The van der Waals surface area contributed by atoms with E-state index in [2.05, 4.69) is 0 Å². The maximum absolute atomic E-state index is 13.6. The summed E-state index contributed by atoms with van der Waals surface area (Å²) in [7, 11) is -0.780. The lowest BCUT2D eigenvalue weighted by atomic mass is 9.96. The molecule has 2 aromatic rings. The van der Waals surface area contributed by atoms with E-state index >= 15 is 0 Å². The van der Waals surface area contributed by atoms with Crippen molar-refractivity contribution in [2.75, 3.05) is 12.9 Å². The first-order chi connectivity index (χ1) is 18.1. The summed E-state index contributed by atoms with van der Waals surface area (Å²) in [6.45, 7) is 3.27. The third-order valence-corrected chi connectivity index (χ3v) is 8.36. The first kappa shape index (κ1) is 27.3. The van der Waals surface area contributed by atoms with Gasteiger partial charge in [0.2, 0.25) is 5.44 Å². The highest BCUT2D eigenvalue weighted by Gasteiger charge is 2.61. The van der Waals surface area contributed by atoms with Gasteiger partial charge in [0.1, 0.15) is 19.0 Å². The highest BCUT2D eigenvalue weighted by atomic mass is 32.2. The summed E-state index contributed by atoms with van der Waals surface area (Å²) in [5.74, 6) is -3.16. The largest absolute Gasteiger partial charge is 0.463 e. The number of imide groups is 1. The van der Waals surface area contributed by atoms with Gasteiger partial charge in [0.05, 0.1) is 22.0 Å². The van der Waals surface area contributed by atoms with E-state index in [0.717, 1.165) is 9.80 Å². The molecule has 1 saturated heterocycles. The van der Waals surface area contributed by atoms with Crippen LogP contribution in [0.2, 0.25) is 0 Å². The summed E-state index contributed by atoms with van der Waals surface area (Å²) in [5, 5.41) is 0. The molecular weight excluding hydrogens is 514 g/mol. The molecule has 0 radical (unpaired) electrons. The molecule has 0 saturated carbocycles. The summed E-state index contributed by atoms with van der Waals surface area (Å²) in [5.41, 5.74) is -0.476. The van der Waals surface area contributed by atoms with Gasteiger partial charge in [0, 0.05) is 20.8 Å². The molecule has 1 fully saturated rings. The summed E-state index contributed by atoms with van der Waals surface area (Å²) < 4.78 is 22.9. The smallest absolute Gasteiger partial charge is 0.303 e. The first-order valence-electron chi connectivity index (χ1n) is 11.9. The van der Waals surface area contributed by atoms with Crippen LogP contribution in [0.5, 0.6) is 0 Å². The van der Waals surface area contributed by atoms with Crippen molar-refractivity contribution >= 4 is 40.6 Å². The van der Waals surface area contributed by atoms with Crippen LogP contribution in [-0.2, 0) is 44.2 Å². The van der Waals surface area contributed by atoms with Crippen LogP contribution in [0, 0.1) is 0 Å². The molecular formula is C27H28NO9S+. The van der Waals surface area contributed by atoms with Gasteiger partial charge in [-0.1, -0.05) is 30.3 Å². The Labute approximate surface area is 222 Å². The molecule has 0 aliphatic carbocycles. The molecule has 0 aromatic heterocycles. The van der Waals surface area contributed by atoms with E-state index in [9.17, 15) is 24.0 Å². The van der Waals surface area contributed by atoms with Crippen molar-refractivity contribution in [1.82, 2.24) is 4.90 Å². The predicted octanol–water partition coefficient (Wildman–Crippen LogP) is 2.11. The number of nitrogens with zero attached hydrogens (tertiary/aromatic N) is 1. The summed E-state index contributed by atoms with van der Waals surface area (Å²) in [6, 6.07) is 14.5. The molecule has 2 aliphatic rings. The van der Waals surface area contributed by atoms with Crippen LogP contribution < -0.4 is 0 Å².